The van der Waals surface area contributed by atoms with Crippen LogP contribution in [0, 0.1) is 0 Å². The molecular formula is C15H13ClO. The Labute approximate surface area is 106 Å². The number of hydrogen-bond donors (Lipinski definition) is 0. The summed E-state index contributed by atoms with van der Waals surface area (Å²) in [5, 5.41) is 0.750. The lowest BCUT2D eigenvalue weighted by Crippen LogP contribution is -2.29. The molecule has 0 atom stereocenters. The molecule has 1 aliphatic rings. The van der Waals surface area contributed by atoms with E-state index in [1.54, 1.807) is 0 Å². The molecule has 2 aromatic carbocycles. The van der Waals surface area contributed by atoms with Crippen molar-refractivity contribution in [1.29, 1.82) is 0 Å². The first-order chi connectivity index (χ1) is 8.08. The minimum Gasteiger partial charge on any atom is -0.482 e. The van der Waals surface area contributed by atoms with Crippen LogP contribution in [-0.2, 0) is 5.60 Å². The second kappa shape index (κ2) is 3.51. The molecule has 0 spiro atoms. The van der Waals surface area contributed by atoms with Gasteiger partial charge >= 0.3 is 0 Å². The Morgan fingerprint density at radius 1 is 1.00 bits per heavy atom. The Balaban J connectivity index is 2.33. The zero-order valence-electron chi connectivity index (χ0n) is 9.83. The van der Waals surface area contributed by atoms with E-state index in [4.69, 9.17) is 16.3 Å². The molecule has 1 aliphatic heterocycles. The largest absolute Gasteiger partial charge is 0.482 e. The average molecular weight is 245 g/mol. The third-order valence-corrected chi connectivity index (χ3v) is 3.41. The van der Waals surface area contributed by atoms with Gasteiger partial charge in [0.05, 0.1) is 0 Å². The fourth-order valence-corrected chi connectivity index (χ4v) is 2.53. The van der Waals surface area contributed by atoms with Crippen molar-refractivity contribution in [2.45, 2.75) is 19.4 Å². The van der Waals surface area contributed by atoms with Gasteiger partial charge in [0.2, 0.25) is 0 Å². The van der Waals surface area contributed by atoms with Crippen molar-refractivity contribution >= 4 is 11.6 Å². The van der Waals surface area contributed by atoms with Crippen LogP contribution in [0.25, 0.3) is 11.1 Å². The Kier molecular flexibility index (Phi) is 2.20. The van der Waals surface area contributed by atoms with Gasteiger partial charge in [0, 0.05) is 16.1 Å². The van der Waals surface area contributed by atoms with E-state index in [0.717, 1.165) is 21.9 Å². The van der Waals surface area contributed by atoms with Crippen LogP contribution in [0.4, 0.5) is 0 Å². The van der Waals surface area contributed by atoms with Crippen LogP contribution in [0.5, 0.6) is 5.75 Å². The monoisotopic (exact) mass is 244 g/mol. The molecule has 3 rings (SSSR count). The van der Waals surface area contributed by atoms with Crippen molar-refractivity contribution < 1.29 is 4.74 Å². The Morgan fingerprint density at radius 3 is 2.59 bits per heavy atom. The number of halogens is 1. The summed E-state index contributed by atoms with van der Waals surface area (Å²) in [4.78, 5) is 0. The highest BCUT2D eigenvalue weighted by molar-refractivity contribution is 6.30. The van der Waals surface area contributed by atoms with Crippen LogP contribution < -0.4 is 4.74 Å². The predicted molar refractivity (Wildman–Crippen MR) is 70.5 cm³/mol. The summed E-state index contributed by atoms with van der Waals surface area (Å²) in [6, 6.07) is 14.1. The average Bonchev–Trinajstić information content (AvgIpc) is 2.29. The Morgan fingerprint density at radius 2 is 1.76 bits per heavy atom. The normalized spacial score (nSPS) is 15.7. The molecule has 0 radical (unpaired) electrons. The number of rotatable bonds is 0. The zero-order chi connectivity index (χ0) is 12.0. The maximum absolute atomic E-state index is 6.08. The van der Waals surface area contributed by atoms with Gasteiger partial charge in [-0.1, -0.05) is 35.9 Å². The molecule has 86 valence electrons. The summed E-state index contributed by atoms with van der Waals surface area (Å²) >= 11 is 6.08. The summed E-state index contributed by atoms with van der Waals surface area (Å²) < 4.78 is 6.04. The van der Waals surface area contributed by atoms with E-state index < -0.39 is 0 Å². The number of fused-ring (bicyclic) bond motifs is 3. The molecule has 0 saturated heterocycles. The van der Waals surface area contributed by atoms with Gasteiger partial charge in [-0.3, -0.25) is 0 Å². The molecule has 0 N–H and O–H groups in total. The molecule has 1 heterocycles. The highest BCUT2D eigenvalue weighted by Gasteiger charge is 2.32. The second-order valence-corrected chi connectivity index (χ2v) is 5.23. The van der Waals surface area contributed by atoms with Crippen molar-refractivity contribution in [1.82, 2.24) is 0 Å². The molecule has 0 aliphatic carbocycles. The molecule has 0 unspecified atom stereocenters. The van der Waals surface area contributed by atoms with Crippen LogP contribution >= 0.6 is 11.6 Å². The SMILES string of the molecule is CC1(C)Oc2ccccc2-c2ccc(Cl)cc21. The van der Waals surface area contributed by atoms with E-state index in [1.807, 2.05) is 30.3 Å². The van der Waals surface area contributed by atoms with Gasteiger partial charge in [-0.15, -0.1) is 0 Å². The van der Waals surface area contributed by atoms with Crippen LogP contribution in [0.15, 0.2) is 42.5 Å². The Hall–Kier alpha value is -1.47. The van der Waals surface area contributed by atoms with E-state index >= 15 is 0 Å². The van der Waals surface area contributed by atoms with Gasteiger partial charge in [-0.05, 0) is 37.6 Å². The summed E-state index contributed by atoms with van der Waals surface area (Å²) in [5.41, 5.74) is 3.15. The third-order valence-electron chi connectivity index (χ3n) is 3.17. The number of hydrogen-bond acceptors (Lipinski definition) is 1. The number of para-hydroxylation sites is 1. The molecule has 0 amide bonds. The van der Waals surface area contributed by atoms with E-state index in [1.165, 1.54) is 5.56 Å². The second-order valence-electron chi connectivity index (χ2n) is 4.80. The minimum absolute atomic E-state index is 0.339. The summed E-state index contributed by atoms with van der Waals surface area (Å²) in [7, 11) is 0. The topological polar surface area (TPSA) is 9.23 Å². The first-order valence-electron chi connectivity index (χ1n) is 5.66. The van der Waals surface area contributed by atoms with Gasteiger partial charge in [0.1, 0.15) is 11.4 Å². The van der Waals surface area contributed by atoms with E-state index in [2.05, 4.69) is 26.0 Å². The molecule has 2 heteroatoms. The molecular weight excluding hydrogens is 232 g/mol. The van der Waals surface area contributed by atoms with Crippen LogP contribution in [-0.4, -0.2) is 0 Å². The van der Waals surface area contributed by atoms with E-state index in [-0.39, 0.29) is 5.60 Å². The van der Waals surface area contributed by atoms with Crippen molar-refractivity contribution in [3.8, 4) is 16.9 Å². The fourth-order valence-electron chi connectivity index (χ4n) is 2.36. The van der Waals surface area contributed by atoms with Gasteiger partial charge in [0.15, 0.2) is 0 Å². The summed E-state index contributed by atoms with van der Waals surface area (Å²) in [6.45, 7) is 4.14. The predicted octanol–water partition coefficient (Wildman–Crippen LogP) is 4.63. The molecule has 1 nitrogen and oxygen atoms in total. The highest BCUT2D eigenvalue weighted by Crippen LogP contribution is 2.45. The lowest BCUT2D eigenvalue weighted by atomic mass is 9.86. The molecule has 0 aromatic heterocycles. The van der Waals surface area contributed by atoms with Crippen molar-refractivity contribution in [2.24, 2.45) is 0 Å². The van der Waals surface area contributed by atoms with Gasteiger partial charge in [0.25, 0.3) is 0 Å². The van der Waals surface area contributed by atoms with Crippen molar-refractivity contribution in [3.63, 3.8) is 0 Å². The molecule has 2 aromatic rings. The number of ether oxygens (including phenoxy) is 1. The highest BCUT2D eigenvalue weighted by atomic mass is 35.5. The zero-order valence-corrected chi connectivity index (χ0v) is 10.6. The third kappa shape index (κ3) is 1.62. The quantitative estimate of drug-likeness (QED) is 0.656. The van der Waals surface area contributed by atoms with E-state index in [0.29, 0.717) is 0 Å². The van der Waals surface area contributed by atoms with Gasteiger partial charge in [-0.2, -0.15) is 0 Å². The molecule has 0 fully saturated rings. The van der Waals surface area contributed by atoms with Crippen molar-refractivity contribution in [3.05, 3.63) is 53.1 Å². The maximum atomic E-state index is 6.08. The standard InChI is InChI=1S/C15H13ClO/c1-15(2)13-9-10(16)7-8-11(13)12-5-3-4-6-14(12)17-15/h3-9H,1-2H3. The minimum atomic E-state index is -0.339. The molecule has 0 bridgehead atoms. The maximum Gasteiger partial charge on any atom is 0.129 e. The van der Waals surface area contributed by atoms with Crippen LogP contribution in [0.1, 0.15) is 19.4 Å². The lowest BCUT2D eigenvalue weighted by molar-refractivity contribution is 0.106. The Bertz CT molecular complexity index is 587. The van der Waals surface area contributed by atoms with Crippen LogP contribution in [0.2, 0.25) is 5.02 Å². The smallest absolute Gasteiger partial charge is 0.129 e. The summed E-state index contributed by atoms with van der Waals surface area (Å²) in [5.74, 6) is 0.937. The first kappa shape index (κ1) is 10.7. The summed E-state index contributed by atoms with van der Waals surface area (Å²) in [6.07, 6.45) is 0. The molecule has 0 saturated carbocycles. The fraction of sp³-hybridized carbons (Fsp3) is 0.200. The lowest BCUT2D eigenvalue weighted by Gasteiger charge is -2.35. The first-order valence-corrected chi connectivity index (χ1v) is 6.04. The van der Waals surface area contributed by atoms with Crippen LogP contribution in [0.3, 0.4) is 0 Å². The number of benzene rings is 2. The molecule has 17 heavy (non-hydrogen) atoms. The van der Waals surface area contributed by atoms with Crippen molar-refractivity contribution in [2.75, 3.05) is 0 Å². The van der Waals surface area contributed by atoms with Gasteiger partial charge in [-0.25, -0.2) is 0 Å². The van der Waals surface area contributed by atoms with E-state index in [9.17, 15) is 0 Å². The van der Waals surface area contributed by atoms with Gasteiger partial charge < -0.3 is 4.74 Å².